The number of ether oxygens (including phenoxy) is 3. The standard InChI is InChI=1S/C17H18N2O4S/c1-21-13-6-8-14(9-7-13)23-11-16(20)19-17(24)18-12-4-3-5-15(10-12)22-2/h3-10H,11H2,1-2H3,(H2,18,19,20,24). The summed E-state index contributed by atoms with van der Waals surface area (Å²) in [4.78, 5) is 11.9. The van der Waals surface area contributed by atoms with E-state index in [0.29, 0.717) is 11.5 Å². The lowest BCUT2D eigenvalue weighted by atomic mass is 10.3. The number of nitrogens with one attached hydrogen (secondary N) is 2. The fourth-order valence-electron chi connectivity index (χ4n) is 1.85. The molecule has 2 N–H and O–H groups in total. The van der Waals surface area contributed by atoms with Crippen molar-refractivity contribution in [2.24, 2.45) is 0 Å². The van der Waals surface area contributed by atoms with Crippen molar-refractivity contribution in [2.75, 3.05) is 26.1 Å². The van der Waals surface area contributed by atoms with Gasteiger partial charge >= 0.3 is 0 Å². The van der Waals surface area contributed by atoms with Gasteiger partial charge in [0.2, 0.25) is 0 Å². The number of carbonyl (C=O) groups is 1. The van der Waals surface area contributed by atoms with E-state index in [1.54, 1.807) is 44.6 Å². The van der Waals surface area contributed by atoms with E-state index >= 15 is 0 Å². The van der Waals surface area contributed by atoms with Crippen molar-refractivity contribution in [1.29, 1.82) is 0 Å². The third-order valence-electron chi connectivity index (χ3n) is 3.01. The molecule has 0 aliphatic carbocycles. The van der Waals surface area contributed by atoms with Crippen LogP contribution in [0.15, 0.2) is 48.5 Å². The number of rotatable bonds is 6. The average Bonchev–Trinajstić information content (AvgIpc) is 2.60. The summed E-state index contributed by atoms with van der Waals surface area (Å²) in [5.74, 6) is 1.62. The zero-order chi connectivity index (χ0) is 17.4. The van der Waals surface area contributed by atoms with Gasteiger partial charge < -0.3 is 19.5 Å². The van der Waals surface area contributed by atoms with Gasteiger partial charge in [-0.1, -0.05) is 6.07 Å². The molecule has 0 spiro atoms. The van der Waals surface area contributed by atoms with E-state index < -0.39 is 0 Å². The molecule has 0 radical (unpaired) electrons. The first-order chi connectivity index (χ1) is 11.6. The Bertz CT molecular complexity index is 704. The lowest BCUT2D eigenvalue weighted by molar-refractivity contribution is -0.121. The molecule has 0 atom stereocenters. The zero-order valence-corrected chi connectivity index (χ0v) is 14.2. The Morgan fingerprint density at radius 3 is 2.33 bits per heavy atom. The van der Waals surface area contributed by atoms with Crippen molar-refractivity contribution in [2.45, 2.75) is 0 Å². The Morgan fingerprint density at radius 2 is 1.67 bits per heavy atom. The van der Waals surface area contributed by atoms with Gasteiger partial charge in [0, 0.05) is 11.8 Å². The van der Waals surface area contributed by atoms with E-state index in [2.05, 4.69) is 10.6 Å². The summed E-state index contributed by atoms with van der Waals surface area (Å²) in [5, 5.41) is 5.64. The van der Waals surface area contributed by atoms with Crippen LogP contribution in [0.5, 0.6) is 17.2 Å². The van der Waals surface area contributed by atoms with Gasteiger partial charge in [0.15, 0.2) is 11.7 Å². The molecule has 0 bridgehead atoms. The third-order valence-corrected chi connectivity index (χ3v) is 3.21. The van der Waals surface area contributed by atoms with Gasteiger partial charge in [0.05, 0.1) is 14.2 Å². The van der Waals surface area contributed by atoms with Gasteiger partial charge in [0.1, 0.15) is 17.2 Å². The minimum absolute atomic E-state index is 0.147. The number of amides is 1. The highest BCUT2D eigenvalue weighted by atomic mass is 32.1. The second kappa shape index (κ2) is 8.73. The van der Waals surface area contributed by atoms with Crippen LogP contribution in [0.4, 0.5) is 5.69 Å². The first-order valence-electron chi connectivity index (χ1n) is 7.12. The number of thiocarbonyl (C=S) groups is 1. The highest BCUT2D eigenvalue weighted by molar-refractivity contribution is 7.80. The zero-order valence-electron chi connectivity index (χ0n) is 13.4. The third kappa shape index (κ3) is 5.44. The lowest BCUT2D eigenvalue weighted by Crippen LogP contribution is -2.37. The van der Waals surface area contributed by atoms with Crippen molar-refractivity contribution < 1.29 is 19.0 Å². The quantitative estimate of drug-likeness (QED) is 0.784. The molecule has 0 saturated heterocycles. The summed E-state index contributed by atoms with van der Waals surface area (Å²) < 4.78 is 15.6. The van der Waals surface area contributed by atoms with E-state index in [-0.39, 0.29) is 17.6 Å². The fourth-order valence-corrected chi connectivity index (χ4v) is 2.08. The Balaban J connectivity index is 1.79. The Labute approximate surface area is 145 Å². The van der Waals surface area contributed by atoms with Crippen molar-refractivity contribution in [3.05, 3.63) is 48.5 Å². The highest BCUT2D eigenvalue weighted by Gasteiger charge is 2.06. The first kappa shape index (κ1) is 17.6. The lowest BCUT2D eigenvalue weighted by Gasteiger charge is -2.11. The van der Waals surface area contributed by atoms with Gasteiger partial charge in [-0.25, -0.2) is 0 Å². The summed E-state index contributed by atoms with van der Waals surface area (Å²) in [6.45, 7) is -0.147. The largest absolute Gasteiger partial charge is 0.497 e. The van der Waals surface area contributed by atoms with Crippen molar-refractivity contribution in [1.82, 2.24) is 5.32 Å². The van der Waals surface area contributed by atoms with E-state index in [0.717, 1.165) is 11.4 Å². The number of anilines is 1. The normalized spacial score (nSPS) is 9.75. The molecule has 24 heavy (non-hydrogen) atoms. The van der Waals surface area contributed by atoms with Gasteiger partial charge in [-0.2, -0.15) is 0 Å². The van der Waals surface area contributed by atoms with Gasteiger partial charge in [-0.3, -0.25) is 10.1 Å². The van der Waals surface area contributed by atoms with Crippen LogP contribution in [0, 0.1) is 0 Å². The molecule has 1 amide bonds. The van der Waals surface area contributed by atoms with Crippen molar-refractivity contribution in [3.8, 4) is 17.2 Å². The molecule has 0 fully saturated rings. The SMILES string of the molecule is COc1ccc(OCC(=O)NC(=S)Nc2cccc(OC)c2)cc1. The topological polar surface area (TPSA) is 68.8 Å². The molecule has 0 aliphatic rings. The van der Waals surface area contributed by atoms with Crippen LogP contribution in [0.3, 0.4) is 0 Å². The Kier molecular flexibility index (Phi) is 6.39. The molecule has 0 aliphatic heterocycles. The van der Waals surface area contributed by atoms with Crippen LogP contribution in [0.2, 0.25) is 0 Å². The highest BCUT2D eigenvalue weighted by Crippen LogP contribution is 2.17. The number of methoxy groups -OCH3 is 2. The van der Waals surface area contributed by atoms with E-state index in [4.69, 9.17) is 26.4 Å². The predicted molar refractivity (Wildman–Crippen MR) is 95.8 cm³/mol. The summed E-state index contributed by atoms with van der Waals surface area (Å²) in [5.41, 5.74) is 0.718. The molecule has 0 saturated carbocycles. The van der Waals surface area contributed by atoms with Crippen LogP contribution in [0.25, 0.3) is 0 Å². The fraction of sp³-hybridized carbons (Fsp3) is 0.176. The molecule has 2 aromatic carbocycles. The van der Waals surface area contributed by atoms with Crippen molar-refractivity contribution >= 4 is 28.9 Å². The Hall–Kier alpha value is -2.80. The van der Waals surface area contributed by atoms with Crippen molar-refractivity contribution in [3.63, 3.8) is 0 Å². The number of hydrogen-bond acceptors (Lipinski definition) is 5. The number of benzene rings is 2. The molecule has 0 heterocycles. The summed E-state index contributed by atoms with van der Waals surface area (Å²) >= 11 is 5.10. The molecular formula is C17H18N2O4S. The molecule has 2 rings (SSSR count). The smallest absolute Gasteiger partial charge is 0.264 e. The van der Waals surface area contributed by atoms with Crippen LogP contribution < -0.4 is 24.8 Å². The summed E-state index contributed by atoms with van der Waals surface area (Å²) in [6, 6.07) is 14.2. The summed E-state index contributed by atoms with van der Waals surface area (Å²) in [6.07, 6.45) is 0. The second-order valence-corrected chi connectivity index (χ2v) is 5.11. The molecule has 6 nitrogen and oxygen atoms in total. The molecule has 7 heteroatoms. The van der Waals surface area contributed by atoms with E-state index in [1.165, 1.54) is 0 Å². The maximum Gasteiger partial charge on any atom is 0.264 e. The molecular weight excluding hydrogens is 328 g/mol. The predicted octanol–water partition coefficient (Wildman–Crippen LogP) is 2.60. The summed E-state index contributed by atoms with van der Waals surface area (Å²) in [7, 11) is 3.16. The minimum atomic E-state index is -0.355. The molecule has 0 unspecified atom stereocenters. The van der Waals surface area contributed by atoms with Crippen LogP contribution >= 0.6 is 12.2 Å². The molecule has 0 aromatic heterocycles. The first-order valence-corrected chi connectivity index (χ1v) is 7.53. The van der Waals surface area contributed by atoms with Gasteiger partial charge in [0.25, 0.3) is 5.91 Å². The maximum atomic E-state index is 11.9. The van der Waals surface area contributed by atoms with Gasteiger partial charge in [-0.15, -0.1) is 0 Å². The van der Waals surface area contributed by atoms with E-state index in [9.17, 15) is 4.79 Å². The Morgan fingerprint density at radius 1 is 1.00 bits per heavy atom. The monoisotopic (exact) mass is 346 g/mol. The minimum Gasteiger partial charge on any atom is -0.497 e. The molecule has 126 valence electrons. The number of carbonyl (C=O) groups excluding carboxylic acids is 1. The van der Waals surface area contributed by atoms with E-state index in [1.807, 2.05) is 18.2 Å². The molecule has 2 aromatic rings. The average molecular weight is 346 g/mol. The van der Waals surface area contributed by atoms with Gasteiger partial charge in [-0.05, 0) is 48.6 Å². The van der Waals surface area contributed by atoms with Crippen LogP contribution in [-0.2, 0) is 4.79 Å². The van der Waals surface area contributed by atoms with Crippen LogP contribution in [-0.4, -0.2) is 31.8 Å². The van der Waals surface area contributed by atoms with Crippen LogP contribution in [0.1, 0.15) is 0 Å². The maximum absolute atomic E-state index is 11.9. The second-order valence-electron chi connectivity index (χ2n) is 4.70. The number of hydrogen-bond donors (Lipinski definition) is 2.